The van der Waals surface area contributed by atoms with E-state index in [-0.39, 0.29) is 25.2 Å². The number of carbonyl (C=O) groups is 2. The molecule has 0 aliphatic carbocycles. The van der Waals surface area contributed by atoms with Crippen LogP contribution >= 0.6 is 0 Å². The molecule has 0 spiro atoms. The molecule has 0 aliphatic rings. The number of rotatable bonds is 40. The summed E-state index contributed by atoms with van der Waals surface area (Å²) >= 11 is 0. The van der Waals surface area contributed by atoms with Crippen LogP contribution in [0.1, 0.15) is 232 Å². The topological polar surface area (TPSA) is 72.8 Å². The summed E-state index contributed by atoms with van der Waals surface area (Å²) in [5.74, 6) is -0.631. The number of esters is 2. The fourth-order valence-corrected chi connectivity index (χ4v) is 6.38. The van der Waals surface area contributed by atoms with Crippen LogP contribution in [0.5, 0.6) is 0 Å². The molecule has 0 unspecified atom stereocenters. The molecule has 5 nitrogen and oxygen atoms in total. The van der Waals surface area contributed by atoms with Crippen molar-refractivity contribution in [2.24, 2.45) is 0 Å². The fourth-order valence-electron chi connectivity index (χ4n) is 6.38. The van der Waals surface area contributed by atoms with E-state index in [4.69, 9.17) is 9.47 Å². The molecule has 0 radical (unpaired) electrons. The molecular weight excluding hydrogens is 620 g/mol. The lowest BCUT2D eigenvalue weighted by Crippen LogP contribution is -2.28. The molecule has 0 aromatic heterocycles. The second-order valence-corrected chi connectivity index (χ2v) is 14.8. The molecule has 0 aromatic carbocycles. The van der Waals surface area contributed by atoms with Crippen LogP contribution in [0.3, 0.4) is 0 Å². The van der Waals surface area contributed by atoms with Crippen molar-refractivity contribution in [3.8, 4) is 0 Å². The van der Waals surface area contributed by atoms with E-state index in [1.807, 2.05) is 0 Å². The highest BCUT2D eigenvalue weighted by Crippen LogP contribution is 2.15. The van der Waals surface area contributed by atoms with Crippen LogP contribution in [0, 0.1) is 0 Å². The maximum atomic E-state index is 12.2. The molecule has 5 heteroatoms. The highest BCUT2D eigenvalue weighted by Gasteiger charge is 2.16. The smallest absolute Gasteiger partial charge is 0.306 e. The number of hydrogen-bond donors (Lipinski definition) is 1. The van der Waals surface area contributed by atoms with Crippen LogP contribution in [-0.4, -0.2) is 36.4 Å². The monoisotopic (exact) mass is 705 g/mol. The molecule has 0 amide bonds. The largest absolute Gasteiger partial charge is 0.462 e. The van der Waals surface area contributed by atoms with Gasteiger partial charge in [0.25, 0.3) is 0 Å². The lowest BCUT2D eigenvalue weighted by Gasteiger charge is -2.15. The van der Waals surface area contributed by atoms with E-state index >= 15 is 0 Å². The highest BCUT2D eigenvalue weighted by molar-refractivity contribution is 5.70. The van der Waals surface area contributed by atoms with E-state index in [0.717, 1.165) is 44.9 Å². The molecule has 1 atom stereocenters. The van der Waals surface area contributed by atoms with Gasteiger partial charge in [0.05, 0.1) is 6.61 Å². The van der Waals surface area contributed by atoms with Gasteiger partial charge in [-0.15, -0.1) is 0 Å². The molecule has 0 saturated heterocycles. The number of carbonyl (C=O) groups excluding carboxylic acids is 2. The van der Waals surface area contributed by atoms with Crippen molar-refractivity contribution >= 4 is 11.9 Å². The van der Waals surface area contributed by atoms with E-state index < -0.39 is 6.10 Å². The first-order valence-corrected chi connectivity index (χ1v) is 21.9. The van der Waals surface area contributed by atoms with Crippen molar-refractivity contribution in [1.82, 2.24) is 0 Å². The van der Waals surface area contributed by atoms with Crippen LogP contribution in [0.25, 0.3) is 0 Å². The van der Waals surface area contributed by atoms with Crippen molar-refractivity contribution in [3.05, 3.63) is 24.3 Å². The lowest BCUT2D eigenvalue weighted by atomic mass is 10.0. The zero-order chi connectivity index (χ0) is 36.4. The molecule has 1 N–H and O–H groups in total. The number of unbranched alkanes of at least 4 members (excludes halogenated alkanes) is 28. The third-order valence-corrected chi connectivity index (χ3v) is 9.72. The maximum absolute atomic E-state index is 12.2. The Bertz CT molecular complexity index is 761. The van der Waals surface area contributed by atoms with Crippen molar-refractivity contribution in [3.63, 3.8) is 0 Å². The average molecular weight is 705 g/mol. The van der Waals surface area contributed by atoms with E-state index in [1.54, 1.807) is 0 Å². The van der Waals surface area contributed by atoms with Gasteiger partial charge < -0.3 is 14.6 Å². The van der Waals surface area contributed by atoms with E-state index in [1.165, 1.54) is 161 Å². The Morgan fingerprint density at radius 1 is 0.440 bits per heavy atom. The number of hydrogen-bond acceptors (Lipinski definition) is 5. The first kappa shape index (κ1) is 48.4. The number of aliphatic hydroxyl groups is 1. The van der Waals surface area contributed by atoms with Gasteiger partial charge in [-0.3, -0.25) is 9.59 Å². The Kier molecular flexibility index (Phi) is 40.4. The highest BCUT2D eigenvalue weighted by atomic mass is 16.6. The van der Waals surface area contributed by atoms with Crippen LogP contribution in [0.2, 0.25) is 0 Å². The van der Waals surface area contributed by atoms with Gasteiger partial charge in [-0.1, -0.05) is 186 Å². The molecule has 0 saturated carbocycles. The minimum Gasteiger partial charge on any atom is -0.462 e. The Morgan fingerprint density at radius 2 is 0.760 bits per heavy atom. The second-order valence-electron chi connectivity index (χ2n) is 14.8. The van der Waals surface area contributed by atoms with Crippen molar-refractivity contribution in [2.75, 3.05) is 13.2 Å². The average Bonchev–Trinajstić information content (AvgIpc) is 3.12. The quantitative estimate of drug-likeness (QED) is 0.0390. The predicted molar refractivity (Wildman–Crippen MR) is 215 cm³/mol. The molecule has 294 valence electrons. The first-order valence-electron chi connectivity index (χ1n) is 21.9. The summed E-state index contributed by atoms with van der Waals surface area (Å²) in [6.45, 7) is 4.11. The Hall–Kier alpha value is -1.62. The van der Waals surface area contributed by atoms with Crippen molar-refractivity contribution in [2.45, 2.75) is 238 Å². The summed E-state index contributed by atoms with van der Waals surface area (Å²) in [6, 6.07) is 0. The van der Waals surface area contributed by atoms with Gasteiger partial charge in [0.15, 0.2) is 6.10 Å². The van der Waals surface area contributed by atoms with E-state index in [0.29, 0.717) is 12.8 Å². The van der Waals surface area contributed by atoms with Crippen LogP contribution < -0.4 is 0 Å². The van der Waals surface area contributed by atoms with Gasteiger partial charge in [-0.05, 0) is 57.8 Å². The standard InChI is InChI=1S/C45H84O5/c1-3-5-7-9-11-13-15-17-18-19-20-21-22-23-24-25-26-28-30-32-34-36-38-40-45(48)50-43(41-46)42-49-44(47)39-37-35-33-31-29-27-16-14-12-10-8-6-4-2/h14,16,32,34,43,46H,3-13,15,17-31,33,35-42H2,1-2H3/b16-14+,34-32+/t43-/m0/s1. The first-order chi connectivity index (χ1) is 24.6. The number of aliphatic hydroxyl groups excluding tert-OH is 1. The SMILES string of the molecule is CCCCCC/C=C/CCCCCCCC(=O)OC[C@H](CO)OC(=O)CCC/C=C/CCCCCCCCCCCCCCCCCCCC. The molecule has 0 rings (SSSR count). The fraction of sp³-hybridized carbons (Fsp3) is 0.867. The molecule has 0 fully saturated rings. The summed E-state index contributed by atoms with van der Waals surface area (Å²) < 4.78 is 10.6. The van der Waals surface area contributed by atoms with E-state index in [2.05, 4.69) is 38.2 Å². The zero-order valence-electron chi connectivity index (χ0n) is 33.4. The third-order valence-electron chi connectivity index (χ3n) is 9.72. The zero-order valence-corrected chi connectivity index (χ0v) is 33.4. The van der Waals surface area contributed by atoms with Crippen molar-refractivity contribution < 1.29 is 24.2 Å². The summed E-state index contributed by atoms with van der Waals surface area (Å²) in [5.41, 5.74) is 0. The summed E-state index contributed by atoms with van der Waals surface area (Å²) in [7, 11) is 0. The minimum absolute atomic E-state index is 0.0782. The summed E-state index contributed by atoms with van der Waals surface area (Å²) in [4.78, 5) is 24.3. The molecule has 0 bridgehead atoms. The maximum Gasteiger partial charge on any atom is 0.306 e. The van der Waals surface area contributed by atoms with Gasteiger partial charge in [0, 0.05) is 12.8 Å². The molecule has 0 heterocycles. The molecule has 0 aliphatic heterocycles. The summed E-state index contributed by atoms with van der Waals surface area (Å²) in [6.07, 6.45) is 49.8. The minimum atomic E-state index is -0.786. The Balaban J connectivity index is 3.51. The van der Waals surface area contributed by atoms with Crippen LogP contribution in [0.4, 0.5) is 0 Å². The number of allylic oxidation sites excluding steroid dienone is 4. The molecular formula is C45H84O5. The molecule has 0 aromatic rings. The second kappa shape index (κ2) is 41.8. The number of ether oxygens (including phenoxy) is 2. The molecule has 50 heavy (non-hydrogen) atoms. The van der Waals surface area contributed by atoms with E-state index in [9.17, 15) is 14.7 Å². The predicted octanol–water partition coefficient (Wildman–Crippen LogP) is 13.8. The van der Waals surface area contributed by atoms with Crippen molar-refractivity contribution in [1.29, 1.82) is 0 Å². The lowest BCUT2D eigenvalue weighted by molar-refractivity contribution is -0.161. The van der Waals surface area contributed by atoms with Crippen LogP contribution in [-0.2, 0) is 19.1 Å². The van der Waals surface area contributed by atoms with Gasteiger partial charge in [0.2, 0.25) is 0 Å². The Labute approximate surface area is 311 Å². The van der Waals surface area contributed by atoms with Gasteiger partial charge in [-0.25, -0.2) is 0 Å². The Morgan fingerprint density at radius 3 is 1.16 bits per heavy atom. The normalized spacial score (nSPS) is 12.3. The summed E-state index contributed by atoms with van der Waals surface area (Å²) in [5, 5.41) is 9.56. The van der Waals surface area contributed by atoms with Gasteiger partial charge in [-0.2, -0.15) is 0 Å². The van der Waals surface area contributed by atoms with Gasteiger partial charge >= 0.3 is 11.9 Å². The van der Waals surface area contributed by atoms with Crippen LogP contribution in [0.15, 0.2) is 24.3 Å². The third kappa shape index (κ3) is 39.2. The van der Waals surface area contributed by atoms with Gasteiger partial charge in [0.1, 0.15) is 6.61 Å².